The number of thiazole rings is 1. The minimum atomic E-state index is -0.119. The molecule has 0 radical (unpaired) electrons. The van der Waals surface area contributed by atoms with Crippen molar-refractivity contribution < 1.29 is 9.47 Å². The molecule has 0 spiro atoms. The minimum Gasteiger partial charge on any atom is -0.497 e. The van der Waals surface area contributed by atoms with Gasteiger partial charge in [-0.3, -0.25) is 9.69 Å². The largest absolute Gasteiger partial charge is 0.497 e. The van der Waals surface area contributed by atoms with E-state index in [0.29, 0.717) is 47.4 Å². The van der Waals surface area contributed by atoms with Gasteiger partial charge in [0, 0.05) is 49.5 Å². The predicted molar refractivity (Wildman–Crippen MR) is 119 cm³/mol. The summed E-state index contributed by atoms with van der Waals surface area (Å²) in [6, 6.07) is 7.38. The van der Waals surface area contributed by atoms with E-state index in [1.165, 1.54) is 17.7 Å². The fraction of sp³-hybridized carbons (Fsp3) is 0.227. The monoisotopic (exact) mass is 448 g/mol. The van der Waals surface area contributed by atoms with E-state index in [4.69, 9.17) is 9.47 Å². The van der Waals surface area contributed by atoms with Crippen LogP contribution in [-0.2, 0) is 19.5 Å². The summed E-state index contributed by atoms with van der Waals surface area (Å²) in [4.78, 5) is 35.9. The molecule has 0 bridgehead atoms. The third kappa shape index (κ3) is 4.36. The second kappa shape index (κ2) is 8.85. The van der Waals surface area contributed by atoms with Gasteiger partial charge in [0.25, 0.3) is 10.8 Å². The molecule has 5 rings (SSSR count). The average molecular weight is 449 g/mol. The van der Waals surface area contributed by atoms with Gasteiger partial charge in [-0.15, -0.1) is 0 Å². The summed E-state index contributed by atoms with van der Waals surface area (Å²) >= 11 is 1.49. The molecule has 32 heavy (non-hydrogen) atoms. The van der Waals surface area contributed by atoms with Gasteiger partial charge >= 0.3 is 0 Å². The molecule has 0 atom stereocenters. The van der Waals surface area contributed by atoms with Gasteiger partial charge in [0.2, 0.25) is 0 Å². The molecular formula is C22H20N6O3S. The van der Waals surface area contributed by atoms with Gasteiger partial charge in [0.05, 0.1) is 23.9 Å². The van der Waals surface area contributed by atoms with Crippen LogP contribution < -0.4 is 15.0 Å². The zero-order valence-corrected chi connectivity index (χ0v) is 18.1. The number of nitrogens with one attached hydrogen (secondary N) is 1. The molecule has 162 valence electrons. The highest BCUT2D eigenvalue weighted by Crippen LogP contribution is 2.29. The summed E-state index contributed by atoms with van der Waals surface area (Å²) < 4.78 is 11.0. The van der Waals surface area contributed by atoms with E-state index in [2.05, 4.69) is 29.8 Å². The quantitative estimate of drug-likeness (QED) is 0.480. The van der Waals surface area contributed by atoms with Crippen molar-refractivity contribution in [1.82, 2.24) is 29.8 Å². The highest BCUT2D eigenvalue weighted by atomic mass is 32.1. The first-order valence-corrected chi connectivity index (χ1v) is 10.9. The molecule has 0 unspecified atom stereocenters. The second-order valence-corrected chi connectivity index (χ2v) is 8.38. The first-order chi connectivity index (χ1) is 15.7. The maximum Gasteiger partial charge on any atom is 0.278 e. The fourth-order valence-corrected chi connectivity index (χ4v) is 4.37. The summed E-state index contributed by atoms with van der Waals surface area (Å²) in [6.45, 7) is 2.04. The van der Waals surface area contributed by atoms with Crippen LogP contribution in [0.15, 0.2) is 54.0 Å². The molecule has 0 aliphatic carbocycles. The van der Waals surface area contributed by atoms with Gasteiger partial charge in [-0.25, -0.2) is 19.9 Å². The van der Waals surface area contributed by atoms with Crippen molar-refractivity contribution in [3.05, 3.63) is 75.7 Å². The number of ether oxygens (including phenoxy) is 2. The van der Waals surface area contributed by atoms with Gasteiger partial charge in [-0.2, -0.15) is 0 Å². The van der Waals surface area contributed by atoms with E-state index in [9.17, 15) is 4.79 Å². The summed E-state index contributed by atoms with van der Waals surface area (Å²) in [5.74, 6) is 1.98. The molecule has 4 heterocycles. The summed E-state index contributed by atoms with van der Waals surface area (Å²) in [7, 11) is 1.63. The van der Waals surface area contributed by atoms with Gasteiger partial charge < -0.3 is 14.5 Å². The Bertz CT molecular complexity index is 1270. The molecule has 4 aromatic rings. The highest BCUT2D eigenvalue weighted by molar-refractivity contribution is 7.13. The van der Waals surface area contributed by atoms with Crippen molar-refractivity contribution in [2.75, 3.05) is 13.7 Å². The number of rotatable bonds is 6. The molecule has 3 aromatic heterocycles. The van der Waals surface area contributed by atoms with Crippen LogP contribution in [0.4, 0.5) is 0 Å². The Hall–Kier alpha value is -3.63. The summed E-state index contributed by atoms with van der Waals surface area (Å²) in [6.07, 6.45) is 7.25. The molecule has 0 saturated carbocycles. The van der Waals surface area contributed by atoms with E-state index < -0.39 is 0 Å². The van der Waals surface area contributed by atoms with Crippen molar-refractivity contribution in [2.45, 2.75) is 19.5 Å². The van der Waals surface area contributed by atoms with Gasteiger partial charge in [-0.05, 0) is 24.3 Å². The topological polar surface area (TPSA) is 106 Å². The lowest BCUT2D eigenvalue weighted by atomic mass is 10.1. The normalized spacial score (nSPS) is 13.5. The van der Waals surface area contributed by atoms with Crippen LogP contribution in [0, 0.1) is 0 Å². The molecule has 1 aromatic carbocycles. The zero-order chi connectivity index (χ0) is 21.9. The summed E-state index contributed by atoms with van der Waals surface area (Å²) in [5.41, 5.74) is 2.11. The first kappa shape index (κ1) is 20.3. The second-order valence-electron chi connectivity index (χ2n) is 7.30. The predicted octanol–water partition coefficient (Wildman–Crippen LogP) is 3.04. The van der Waals surface area contributed by atoms with Crippen LogP contribution >= 0.6 is 11.3 Å². The minimum absolute atomic E-state index is 0.119. The van der Waals surface area contributed by atoms with Crippen LogP contribution in [0.25, 0.3) is 11.4 Å². The van der Waals surface area contributed by atoms with Gasteiger partial charge in [0.15, 0.2) is 0 Å². The smallest absolute Gasteiger partial charge is 0.278 e. The Morgan fingerprint density at radius 3 is 2.69 bits per heavy atom. The van der Waals surface area contributed by atoms with E-state index in [-0.39, 0.29) is 5.56 Å². The maximum atomic E-state index is 12.7. The number of nitrogens with zero attached hydrogens (tertiary/aromatic N) is 5. The molecule has 0 fully saturated rings. The molecule has 1 aliphatic rings. The van der Waals surface area contributed by atoms with Crippen LogP contribution in [0.3, 0.4) is 0 Å². The Labute approximate surface area is 187 Å². The van der Waals surface area contributed by atoms with E-state index in [1.807, 2.05) is 30.5 Å². The molecular weight excluding hydrogens is 428 g/mol. The Morgan fingerprint density at radius 1 is 1.12 bits per heavy atom. The van der Waals surface area contributed by atoms with Crippen LogP contribution in [-0.4, -0.2) is 43.5 Å². The van der Waals surface area contributed by atoms with Crippen molar-refractivity contribution >= 4 is 11.3 Å². The fourth-order valence-electron chi connectivity index (χ4n) is 3.55. The van der Waals surface area contributed by atoms with E-state index in [0.717, 1.165) is 22.9 Å². The lowest BCUT2D eigenvalue weighted by Crippen LogP contribution is -2.35. The van der Waals surface area contributed by atoms with Crippen molar-refractivity contribution in [3.8, 4) is 28.1 Å². The van der Waals surface area contributed by atoms with Gasteiger partial charge in [0.1, 0.15) is 23.7 Å². The lowest BCUT2D eigenvalue weighted by Gasteiger charge is -2.27. The number of fused-ring (bicyclic) bond motifs is 1. The number of aromatic amines is 1. The number of H-pyrrole nitrogens is 1. The molecule has 1 N–H and O–H groups in total. The summed E-state index contributed by atoms with van der Waals surface area (Å²) in [5, 5.41) is 0.580. The first-order valence-electron chi connectivity index (χ1n) is 10.0. The van der Waals surface area contributed by atoms with E-state index in [1.54, 1.807) is 19.5 Å². The zero-order valence-electron chi connectivity index (χ0n) is 17.3. The van der Waals surface area contributed by atoms with Crippen molar-refractivity contribution in [2.24, 2.45) is 0 Å². The molecule has 0 saturated heterocycles. The molecule has 1 aliphatic heterocycles. The highest BCUT2D eigenvalue weighted by Gasteiger charge is 2.22. The number of benzene rings is 1. The standard InChI is InChI=1S/C22H20N6O3S/c1-30-15-2-4-16(5-3-15)31-22-25-10-17(32-22)11-28-7-6-19-18(12-28)21(29)27-20(26-19)14-8-23-13-24-9-14/h2-5,8-10,13H,6-7,11-12H2,1H3,(H,26,27,29). The Morgan fingerprint density at radius 2 is 1.91 bits per heavy atom. The molecule has 0 amide bonds. The van der Waals surface area contributed by atoms with E-state index >= 15 is 0 Å². The number of methoxy groups -OCH3 is 1. The third-order valence-corrected chi connectivity index (χ3v) is 6.02. The Kier molecular flexibility index (Phi) is 5.61. The molecule has 9 nitrogen and oxygen atoms in total. The average Bonchev–Trinajstić information content (AvgIpc) is 3.27. The van der Waals surface area contributed by atoms with Crippen LogP contribution in [0.2, 0.25) is 0 Å². The molecule has 10 heteroatoms. The van der Waals surface area contributed by atoms with Crippen molar-refractivity contribution in [1.29, 1.82) is 0 Å². The van der Waals surface area contributed by atoms with Gasteiger partial charge in [-0.1, -0.05) is 11.3 Å². The Balaban J connectivity index is 1.26. The third-order valence-electron chi connectivity index (χ3n) is 5.16. The van der Waals surface area contributed by atoms with Crippen molar-refractivity contribution in [3.63, 3.8) is 0 Å². The van der Waals surface area contributed by atoms with Crippen LogP contribution in [0.1, 0.15) is 16.1 Å². The number of hydrogen-bond donors (Lipinski definition) is 1. The SMILES string of the molecule is COc1ccc(Oc2ncc(CN3CCc4nc(-c5cncnc5)[nH]c(=O)c4C3)s2)cc1. The lowest BCUT2D eigenvalue weighted by molar-refractivity contribution is 0.244. The number of aromatic nitrogens is 5. The number of hydrogen-bond acceptors (Lipinski definition) is 9. The van der Waals surface area contributed by atoms with Crippen LogP contribution in [0.5, 0.6) is 16.7 Å². The maximum absolute atomic E-state index is 12.7.